The van der Waals surface area contributed by atoms with Crippen LogP contribution in [-0.2, 0) is 0 Å². The van der Waals surface area contributed by atoms with Crippen LogP contribution in [0.5, 0.6) is 0 Å². The van der Waals surface area contributed by atoms with Crippen LogP contribution in [0.2, 0.25) is 0 Å². The van der Waals surface area contributed by atoms with Gasteiger partial charge in [-0.2, -0.15) is 0 Å². The third kappa shape index (κ3) is 5.43. The summed E-state index contributed by atoms with van der Waals surface area (Å²) in [6, 6.07) is 0.604. The zero-order valence-corrected chi connectivity index (χ0v) is 14.6. The van der Waals surface area contributed by atoms with Gasteiger partial charge in [0.25, 0.3) is 0 Å². The number of hydrogen-bond acceptors (Lipinski definition) is 2. The molecule has 0 spiro atoms. The summed E-state index contributed by atoms with van der Waals surface area (Å²) in [5.74, 6) is 0.802. The van der Waals surface area contributed by atoms with Crippen molar-refractivity contribution in [2.24, 2.45) is 5.92 Å². The first-order chi connectivity index (χ1) is 8.99. The van der Waals surface area contributed by atoms with Crippen molar-refractivity contribution in [2.75, 3.05) is 19.6 Å². The number of hydrogen-bond donors (Lipinski definition) is 1. The lowest BCUT2D eigenvalue weighted by Crippen LogP contribution is -2.59. The number of nitrogens with zero attached hydrogens (tertiary/aromatic N) is 1. The molecule has 0 aromatic rings. The van der Waals surface area contributed by atoms with Crippen LogP contribution in [0, 0.1) is 5.92 Å². The highest BCUT2D eigenvalue weighted by molar-refractivity contribution is 4.96. The molecule has 0 aromatic carbocycles. The van der Waals surface area contributed by atoms with E-state index in [0.717, 1.165) is 25.6 Å². The molecule has 1 N–H and O–H groups in total. The topological polar surface area (TPSA) is 15.3 Å². The van der Waals surface area contributed by atoms with Crippen LogP contribution in [0.15, 0.2) is 0 Å². The Kier molecular flexibility index (Phi) is 9.72. The molecule has 0 radical (unpaired) electrons. The normalized spacial score (nSPS) is 18.3. The maximum atomic E-state index is 3.83. The molecule has 116 valence electrons. The summed E-state index contributed by atoms with van der Waals surface area (Å²) < 4.78 is 0. The summed E-state index contributed by atoms with van der Waals surface area (Å²) in [6.07, 6.45) is 5.00. The summed E-state index contributed by atoms with van der Waals surface area (Å²) in [5.41, 5.74) is 0.280. The molecule has 0 bridgehead atoms. The molecule has 0 fully saturated rings. The first-order valence-electron chi connectivity index (χ1n) is 8.48. The maximum absolute atomic E-state index is 3.83. The molecular weight excluding hydrogens is 232 g/mol. The fourth-order valence-electron chi connectivity index (χ4n) is 3.08. The third-order valence-corrected chi connectivity index (χ3v) is 4.93. The van der Waals surface area contributed by atoms with Gasteiger partial charge in [-0.15, -0.1) is 0 Å². The first kappa shape index (κ1) is 18.9. The van der Waals surface area contributed by atoms with Crippen LogP contribution in [0.25, 0.3) is 0 Å². The largest absolute Gasteiger partial charge is 0.312 e. The fraction of sp³-hybridized carbons (Fsp3) is 1.00. The number of likely N-dealkylation sites (N-methyl/N-ethyl adjacent to an activating group) is 1. The molecule has 0 saturated carbocycles. The van der Waals surface area contributed by atoms with E-state index in [1.807, 2.05) is 0 Å². The van der Waals surface area contributed by atoms with Gasteiger partial charge >= 0.3 is 0 Å². The molecule has 3 unspecified atom stereocenters. The molecule has 0 heterocycles. The fourth-order valence-corrected chi connectivity index (χ4v) is 3.08. The molecule has 2 heteroatoms. The molecule has 19 heavy (non-hydrogen) atoms. The van der Waals surface area contributed by atoms with Gasteiger partial charge in [0, 0.05) is 11.6 Å². The Balaban J connectivity index is 5.01. The van der Waals surface area contributed by atoms with Gasteiger partial charge in [-0.3, -0.25) is 4.90 Å². The molecule has 2 nitrogen and oxygen atoms in total. The Morgan fingerprint density at radius 1 is 1.05 bits per heavy atom. The zero-order valence-electron chi connectivity index (χ0n) is 14.6. The quantitative estimate of drug-likeness (QED) is 0.602. The Hall–Kier alpha value is -0.0800. The van der Waals surface area contributed by atoms with Crippen LogP contribution in [-0.4, -0.2) is 36.1 Å². The average Bonchev–Trinajstić information content (AvgIpc) is 2.43. The smallest absolute Gasteiger partial charge is 0.0331 e. The summed E-state index contributed by atoms with van der Waals surface area (Å²) in [7, 11) is 0. The Bertz CT molecular complexity index is 213. The Morgan fingerprint density at radius 3 is 2.00 bits per heavy atom. The molecular formula is C17H38N2. The van der Waals surface area contributed by atoms with Gasteiger partial charge in [0.2, 0.25) is 0 Å². The van der Waals surface area contributed by atoms with E-state index in [1.54, 1.807) is 0 Å². The molecule has 0 aliphatic rings. The van der Waals surface area contributed by atoms with Crippen LogP contribution in [0.4, 0.5) is 0 Å². The van der Waals surface area contributed by atoms with Crippen molar-refractivity contribution >= 4 is 0 Å². The lowest BCUT2D eigenvalue weighted by atomic mass is 9.81. The van der Waals surface area contributed by atoms with E-state index >= 15 is 0 Å². The minimum absolute atomic E-state index is 0.280. The highest BCUT2D eigenvalue weighted by Crippen LogP contribution is 2.28. The third-order valence-electron chi connectivity index (χ3n) is 4.93. The summed E-state index contributed by atoms with van der Waals surface area (Å²) in [6.45, 7) is 19.8. The minimum Gasteiger partial charge on any atom is -0.312 e. The van der Waals surface area contributed by atoms with Crippen LogP contribution >= 0.6 is 0 Å². The predicted molar refractivity (Wildman–Crippen MR) is 87.8 cm³/mol. The van der Waals surface area contributed by atoms with Gasteiger partial charge < -0.3 is 5.32 Å². The molecule has 0 rings (SSSR count). The highest BCUT2D eigenvalue weighted by atomic mass is 15.2. The van der Waals surface area contributed by atoms with E-state index < -0.39 is 0 Å². The zero-order chi connectivity index (χ0) is 14.9. The van der Waals surface area contributed by atoms with Crippen LogP contribution in [0.3, 0.4) is 0 Å². The molecule has 0 aliphatic heterocycles. The number of nitrogens with one attached hydrogen (secondary N) is 1. The van der Waals surface area contributed by atoms with Crippen molar-refractivity contribution in [1.82, 2.24) is 10.2 Å². The maximum Gasteiger partial charge on any atom is 0.0331 e. The Labute approximate surface area is 122 Å². The SMILES string of the molecule is CCCNC(CC(C)CC)C(C)(CC)N(CC)CC. The van der Waals surface area contributed by atoms with E-state index in [4.69, 9.17) is 0 Å². The van der Waals surface area contributed by atoms with Gasteiger partial charge in [-0.1, -0.05) is 48.0 Å². The standard InChI is InChI=1S/C17H38N2/c1-8-13-18-16(14-15(6)9-2)17(7,10-3)19(11-4)12-5/h15-16,18H,8-14H2,1-7H3. The van der Waals surface area contributed by atoms with Gasteiger partial charge in [0.1, 0.15) is 0 Å². The van der Waals surface area contributed by atoms with Gasteiger partial charge in [-0.05, 0) is 51.7 Å². The van der Waals surface area contributed by atoms with Crippen LogP contribution in [0.1, 0.15) is 74.1 Å². The molecule has 3 atom stereocenters. The van der Waals surface area contributed by atoms with Crippen molar-refractivity contribution in [1.29, 1.82) is 0 Å². The van der Waals surface area contributed by atoms with E-state index in [-0.39, 0.29) is 5.54 Å². The predicted octanol–water partition coefficient (Wildman–Crippen LogP) is 4.30. The highest BCUT2D eigenvalue weighted by Gasteiger charge is 2.36. The van der Waals surface area contributed by atoms with E-state index in [9.17, 15) is 0 Å². The van der Waals surface area contributed by atoms with E-state index in [0.29, 0.717) is 6.04 Å². The molecule has 0 aliphatic carbocycles. The van der Waals surface area contributed by atoms with Gasteiger partial charge in [0.15, 0.2) is 0 Å². The van der Waals surface area contributed by atoms with Crippen molar-refractivity contribution in [3.05, 3.63) is 0 Å². The monoisotopic (exact) mass is 270 g/mol. The second kappa shape index (κ2) is 9.77. The molecule has 0 aromatic heterocycles. The lowest BCUT2D eigenvalue weighted by molar-refractivity contribution is 0.0605. The Morgan fingerprint density at radius 2 is 1.63 bits per heavy atom. The first-order valence-corrected chi connectivity index (χ1v) is 8.48. The minimum atomic E-state index is 0.280. The lowest BCUT2D eigenvalue weighted by Gasteiger charge is -2.47. The molecule has 0 amide bonds. The van der Waals surface area contributed by atoms with Gasteiger partial charge in [-0.25, -0.2) is 0 Å². The second-order valence-electron chi connectivity index (χ2n) is 6.14. The summed E-state index contributed by atoms with van der Waals surface area (Å²) in [4.78, 5) is 2.64. The van der Waals surface area contributed by atoms with Crippen molar-refractivity contribution in [3.8, 4) is 0 Å². The van der Waals surface area contributed by atoms with E-state index in [1.165, 1.54) is 25.7 Å². The average molecular weight is 271 g/mol. The van der Waals surface area contributed by atoms with Crippen molar-refractivity contribution in [2.45, 2.75) is 85.7 Å². The van der Waals surface area contributed by atoms with Crippen LogP contribution < -0.4 is 5.32 Å². The van der Waals surface area contributed by atoms with Crippen molar-refractivity contribution < 1.29 is 0 Å². The van der Waals surface area contributed by atoms with Crippen molar-refractivity contribution in [3.63, 3.8) is 0 Å². The number of rotatable bonds is 11. The van der Waals surface area contributed by atoms with E-state index in [2.05, 4.69) is 58.7 Å². The molecule has 0 saturated heterocycles. The summed E-state index contributed by atoms with van der Waals surface area (Å²) >= 11 is 0. The second-order valence-corrected chi connectivity index (χ2v) is 6.14. The summed E-state index contributed by atoms with van der Waals surface area (Å²) in [5, 5.41) is 3.83. The van der Waals surface area contributed by atoms with Gasteiger partial charge in [0.05, 0.1) is 0 Å².